The first-order valence-corrected chi connectivity index (χ1v) is 44.5. The molecule has 0 radical (unpaired) electrons. The molecule has 0 amide bonds. The van der Waals surface area contributed by atoms with Gasteiger partial charge in [0.1, 0.15) is 52.0 Å². The van der Waals surface area contributed by atoms with Gasteiger partial charge in [-0.1, -0.05) is 29.8 Å². The molecule has 32 nitrogen and oxygen atoms in total. The van der Waals surface area contributed by atoms with Gasteiger partial charge in [-0.25, -0.2) is 34.3 Å². The van der Waals surface area contributed by atoms with Crippen molar-refractivity contribution in [3.8, 4) is 5.75 Å². The molecule has 0 saturated heterocycles. The van der Waals surface area contributed by atoms with Crippen LogP contribution in [0.4, 0.5) is 109 Å². The highest BCUT2D eigenvalue weighted by atomic mass is 35.5. The van der Waals surface area contributed by atoms with Crippen molar-refractivity contribution in [2.75, 3.05) is 70.9 Å². The number of halogens is 2. The number of H-pyrrole nitrogens is 5. The Labute approximate surface area is 786 Å². The molecule has 0 fully saturated rings. The summed E-state index contributed by atoms with van der Waals surface area (Å²) in [6.07, 6.45) is 20.0. The van der Waals surface area contributed by atoms with Crippen molar-refractivity contribution in [1.82, 2.24) is 95.2 Å². The average molecular weight is 1830 g/mol. The molecule has 0 atom stereocenters. The Hall–Kier alpha value is -15.0. The summed E-state index contributed by atoms with van der Waals surface area (Å²) in [4.78, 5) is 62.9. The number of anilines is 18. The van der Waals surface area contributed by atoms with Gasteiger partial charge in [0, 0.05) is 178 Å². The van der Waals surface area contributed by atoms with Gasteiger partial charge in [-0.2, -0.15) is 40.1 Å². The zero-order valence-corrected chi connectivity index (χ0v) is 82.0. The van der Waals surface area contributed by atoms with Crippen LogP contribution in [0.5, 0.6) is 5.75 Å². The lowest BCUT2D eigenvalue weighted by Gasteiger charge is -2.21. The zero-order chi connectivity index (χ0) is 96.8. The summed E-state index contributed by atoms with van der Waals surface area (Å²) in [6.45, 7) is 51.3. The number of aryl methyl sites for hydroxylation is 6. The van der Waals surface area contributed by atoms with Crippen LogP contribution in [-0.4, -0.2) is 135 Å². The number of hydrogen-bond acceptors (Lipinski definition) is 27. The highest BCUT2D eigenvalue weighted by molar-refractivity contribution is 6.35. The largest absolute Gasteiger partial charge is 0.496 e. The van der Waals surface area contributed by atoms with Gasteiger partial charge in [0.05, 0.1) is 52.5 Å². The van der Waals surface area contributed by atoms with Gasteiger partial charge in [0.25, 0.3) is 0 Å². The maximum absolute atomic E-state index is 13.7. The second-order valence-corrected chi connectivity index (χ2v) is 39.2. The molecule has 6 aromatic carbocycles. The van der Waals surface area contributed by atoms with Gasteiger partial charge in [-0.15, -0.1) is 0 Å². The maximum atomic E-state index is 13.7. The van der Waals surface area contributed by atoms with E-state index in [2.05, 4.69) is 306 Å². The molecule has 0 saturated carbocycles. The molecular weight excluding hydrogens is 1710 g/mol. The molecule has 34 heteroatoms. The highest BCUT2D eigenvalue weighted by Gasteiger charge is 2.22. The van der Waals surface area contributed by atoms with Crippen LogP contribution in [0.25, 0.3) is 54.5 Å². The van der Waals surface area contributed by atoms with Gasteiger partial charge in [-0.05, 0) is 276 Å². The molecule has 0 spiro atoms. The van der Waals surface area contributed by atoms with Crippen LogP contribution in [0, 0.1) is 54.3 Å². The fourth-order valence-corrected chi connectivity index (χ4v) is 13.6. The predicted octanol–water partition coefficient (Wildman–Crippen LogP) is 24.7. The van der Waals surface area contributed by atoms with E-state index in [4.69, 9.17) is 16.3 Å². The number of aromatic nitrogens is 19. The Morgan fingerprint density at radius 3 is 1.22 bits per heavy atom. The molecule has 0 bridgehead atoms. The fraction of sp³-hybridized carbons (Fsp3) is 0.320. The van der Waals surface area contributed by atoms with Gasteiger partial charge < -0.3 is 83.5 Å². The Morgan fingerprint density at radius 1 is 0.328 bits per heavy atom. The summed E-state index contributed by atoms with van der Waals surface area (Å²) in [5.74, 6) is 8.73. The SMILES string of the molecule is COc1cccc(Nc2ccnc(NC(C)(C)C)n2)c1C.Cc1cnc(NC(C)(C)C)nc1Nc1ccc(C)c2[nH]ccc12.Cc1cnc(NC(C)(C)C)nc1Nc1ccc(Cl)c2[nH]ccc12.Cc1cnc(NC(C)(C)C)nc1Nc1ccc(F)c2[nH]ncc12.Cc1cnc(NC(C)(C)C)nc1Nc1ccc2[nH]ccc2c1.Cc1cnc(NC(C)(C)C)nc1Nc1cccc2[nH]ncc12. The average Bonchev–Trinajstić information content (AvgIpc) is 1.64. The summed E-state index contributed by atoms with van der Waals surface area (Å²) in [7, 11) is 1.67. The van der Waals surface area contributed by atoms with Crippen molar-refractivity contribution < 1.29 is 9.13 Å². The molecule has 700 valence electrons. The third kappa shape index (κ3) is 27.8. The molecule has 0 aliphatic rings. The van der Waals surface area contributed by atoms with Gasteiger partial charge >= 0.3 is 0 Å². The minimum Gasteiger partial charge on any atom is -0.496 e. The first kappa shape index (κ1) is 98.0. The number of rotatable bonds is 19. The number of ether oxygens (including phenoxy) is 1. The van der Waals surface area contributed by atoms with E-state index in [0.717, 1.165) is 141 Å². The number of benzene rings is 6. The Bertz CT molecular complexity index is 6530. The molecule has 11 heterocycles. The minimum atomic E-state index is -0.336. The van der Waals surface area contributed by atoms with E-state index < -0.39 is 0 Å². The van der Waals surface area contributed by atoms with Crippen molar-refractivity contribution in [1.29, 1.82) is 0 Å². The molecule has 134 heavy (non-hydrogen) atoms. The quantitative estimate of drug-likeness (QED) is 0.0357. The van der Waals surface area contributed by atoms with Crippen molar-refractivity contribution in [2.24, 2.45) is 0 Å². The van der Waals surface area contributed by atoms with E-state index in [0.29, 0.717) is 57.4 Å². The summed E-state index contributed by atoms with van der Waals surface area (Å²) < 4.78 is 19.1. The molecular formula is C100H125ClFN31O. The number of hydrogen-bond donors (Lipinski definition) is 17. The number of fused-ring (bicyclic) bond motifs is 5. The van der Waals surface area contributed by atoms with Crippen molar-refractivity contribution in [3.63, 3.8) is 0 Å². The number of aromatic amines is 5. The number of methoxy groups -OCH3 is 1. The van der Waals surface area contributed by atoms with Gasteiger partial charge in [-0.3, -0.25) is 10.2 Å². The Balaban J connectivity index is 0.000000145. The first-order chi connectivity index (χ1) is 63.2. The lowest BCUT2D eigenvalue weighted by molar-refractivity contribution is 0.412. The van der Waals surface area contributed by atoms with Crippen LogP contribution in [0.3, 0.4) is 0 Å². The predicted molar refractivity (Wildman–Crippen MR) is 550 cm³/mol. The van der Waals surface area contributed by atoms with Gasteiger partial charge in [0.15, 0.2) is 0 Å². The van der Waals surface area contributed by atoms with Crippen LogP contribution in [0.1, 0.15) is 164 Å². The number of nitrogens with one attached hydrogen (secondary N) is 17. The number of nitrogens with zero attached hydrogens (tertiary/aromatic N) is 14. The monoisotopic (exact) mass is 1830 g/mol. The first-order valence-electron chi connectivity index (χ1n) is 44.1. The second kappa shape index (κ2) is 41.6. The normalized spacial score (nSPS) is 11.6. The van der Waals surface area contributed by atoms with E-state index in [9.17, 15) is 4.39 Å². The fourth-order valence-electron chi connectivity index (χ4n) is 13.4. The standard InChI is InChI=1S/C18H23N5.C17H20ClN5.C17H21N5.C16H19FN6.C16H20N6.C16H22N4O/c1-11-6-7-14(13-8-9-19-15(11)13)21-16-12(2)10-20-17(22-16)23-18(3,4)5;1-10-9-20-16(23-17(2,3)4)22-15(10)21-13-6-5-12(18)14-11(13)7-8-19-14;1-11-10-19-16(22-17(2,3)4)21-15(11)20-13-5-6-14-12(9-13)7-8-18-14;1-9-7-18-15(22-16(2,3)4)21-14(9)20-12-6-5-11(17)13-10(12)8-19-23-13;1-10-8-17-15(21-16(2,3)4)20-14(10)19-12-6-5-7-13-11(12)9-18-22-13;1-11-12(7-6-8-13(11)21-5)18-14-9-10-17-15(19-14)20-16(2,3)4/h6-10,19H,1-5H3,(H2,20,21,22,23);5-9,19H,1-4H3,(H2,20,21,22,23);5-10,18H,1-4H3,(H2,19,20,21,22);5-8H,1-4H3,(H,19,23)(H2,18,20,21,22);5-9H,1-4H3,(H,18,22)(H2,17,19,20,21);6-10H,1-5H3,(H2,17,18,19,20). The van der Waals surface area contributed by atoms with E-state index in [1.165, 1.54) is 17.0 Å². The highest BCUT2D eigenvalue weighted by Crippen LogP contribution is 2.36. The summed E-state index contributed by atoms with van der Waals surface area (Å²) in [5.41, 5.74) is 16.8. The molecule has 17 aromatic rings. The molecule has 0 aliphatic carbocycles. The Morgan fingerprint density at radius 2 is 0.731 bits per heavy atom. The second-order valence-electron chi connectivity index (χ2n) is 38.8. The van der Waals surface area contributed by atoms with Crippen molar-refractivity contribution >= 4 is 171 Å². The van der Waals surface area contributed by atoms with E-state index in [1.54, 1.807) is 31.8 Å². The Kier molecular flexibility index (Phi) is 30.4. The molecule has 17 N–H and O–H groups in total. The molecule has 17 rings (SSSR count). The van der Waals surface area contributed by atoms with Crippen LogP contribution in [0.15, 0.2) is 183 Å². The van der Waals surface area contributed by atoms with Crippen LogP contribution >= 0.6 is 11.6 Å². The summed E-state index contributed by atoms with van der Waals surface area (Å²) >= 11 is 6.21. The third-order valence-corrected chi connectivity index (χ3v) is 20.0. The van der Waals surface area contributed by atoms with E-state index in [-0.39, 0.29) is 39.1 Å². The van der Waals surface area contributed by atoms with Crippen molar-refractivity contribution in [3.05, 3.63) is 233 Å². The van der Waals surface area contributed by atoms with Crippen molar-refractivity contribution in [2.45, 2.75) is 206 Å². The van der Waals surface area contributed by atoms with Crippen LogP contribution in [0.2, 0.25) is 5.02 Å². The topological polar surface area (TPSA) is 413 Å². The minimum absolute atomic E-state index is 0.0729. The summed E-state index contributed by atoms with van der Waals surface area (Å²) in [5, 5.41) is 59.2. The van der Waals surface area contributed by atoms with Crippen LogP contribution < -0.4 is 68.5 Å². The molecule has 0 unspecified atom stereocenters. The third-order valence-electron chi connectivity index (χ3n) is 19.7. The lowest BCUT2D eigenvalue weighted by Crippen LogP contribution is -2.27. The molecule has 0 aliphatic heterocycles. The zero-order valence-electron chi connectivity index (χ0n) is 81.2. The summed E-state index contributed by atoms with van der Waals surface area (Å²) in [6, 6.07) is 37.1. The van der Waals surface area contributed by atoms with E-state index >= 15 is 0 Å². The van der Waals surface area contributed by atoms with Gasteiger partial charge in [0.2, 0.25) is 35.7 Å². The lowest BCUT2D eigenvalue weighted by atomic mass is 10.1. The molecule has 11 aromatic heterocycles. The smallest absolute Gasteiger partial charge is 0.225 e. The van der Waals surface area contributed by atoms with E-state index in [1.807, 2.05) is 179 Å². The van der Waals surface area contributed by atoms with Crippen LogP contribution in [-0.2, 0) is 0 Å². The maximum Gasteiger partial charge on any atom is 0.225 e.